The fourth-order valence-corrected chi connectivity index (χ4v) is 4.18. The number of anilines is 2. The largest absolute Gasteiger partial charge is 0.454 e. The van der Waals surface area contributed by atoms with Crippen molar-refractivity contribution in [2.24, 2.45) is 11.7 Å². The van der Waals surface area contributed by atoms with Crippen LogP contribution in [0.1, 0.15) is 18.4 Å². The van der Waals surface area contributed by atoms with Gasteiger partial charge in [-0.05, 0) is 49.2 Å². The molecule has 3 heterocycles. The number of rotatable bonds is 5. The lowest BCUT2D eigenvalue weighted by molar-refractivity contribution is -0.122. The molecule has 8 nitrogen and oxygen atoms in total. The molecule has 31 heavy (non-hydrogen) atoms. The van der Waals surface area contributed by atoms with Crippen LogP contribution >= 0.6 is 0 Å². The third kappa shape index (κ3) is 3.88. The average molecular weight is 420 g/mol. The number of benzene rings is 2. The number of pyridine rings is 1. The summed E-state index contributed by atoms with van der Waals surface area (Å²) in [6, 6.07) is 13.7. The first kappa shape index (κ1) is 19.3. The molecule has 0 atom stereocenters. The summed E-state index contributed by atoms with van der Waals surface area (Å²) in [6.45, 7) is 2.25. The minimum atomic E-state index is -0.201. The van der Waals surface area contributed by atoms with Gasteiger partial charge in [-0.25, -0.2) is 0 Å². The molecule has 0 unspecified atom stereocenters. The second-order valence-electron chi connectivity index (χ2n) is 7.98. The Bertz CT molecular complexity index is 1180. The summed E-state index contributed by atoms with van der Waals surface area (Å²) in [5.74, 6) is 1.12. The molecular formula is C23H24N4O4. The lowest BCUT2D eigenvalue weighted by Gasteiger charge is -2.32. The molecule has 160 valence electrons. The zero-order chi connectivity index (χ0) is 21.4. The molecular weight excluding hydrogens is 396 g/mol. The Labute approximate surface area is 178 Å². The highest BCUT2D eigenvalue weighted by Crippen LogP contribution is 2.35. The third-order valence-corrected chi connectivity index (χ3v) is 6.03. The van der Waals surface area contributed by atoms with Crippen molar-refractivity contribution in [1.82, 2.24) is 4.98 Å². The molecule has 1 fully saturated rings. The first-order valence-corrected chi connectivity index (χ1v) is 10.4. The number of nitrogens with zero attached hydrogens (tertiary/aromatic N) is 1. The van der Waals surface area contributed by atoms with Gasteiger partial charge in [-0.1, -0.05) is 0 Å². The quantitative estimate of drug-likeness (QED) is 0.585. The normalized spacial score (nSPS) is 15.9. The van der Waals surface area contributed by atoms with Crippen molar-refractivity contribution >= 4 is 28.2 Å². The van der Waals surface area contributed by atoms with Crippen LogP contribution in [0, 0.1) is 5.92 Å². The Hall–Kier alpha value is -3.68. The van der Waals surface area contributed by atoms with Crippen LogP contribution in [0.25, 0.3) is 10.9 Å². The number of hydrogen-bond acceptors (Lipinski definition) is 6. The Morgan fingerprint density at radius 2 is 1.81 bits per heavy atom. The molecule has 1 aromatic heterocycles. The van der Waals surface area contributed by atoms with Crippen LogP contribution in [-0.2, 0) is 11.3 Å². The number of nitrogens with one attached hydrogen (secondary N) is 2. The maximum atomic E-state index is 12.5. The molecule has 0 aliphatic carbocycles. The zero-order valence-corrected chi connectivity index (χ0v) is 17.0. The Balaban J connectivity index is 1.25. The van der Waals surface area contributed by atoms with E-state index in [9.17, 15) is 9.59 Å². The van der Waals surface area contributed by atoms with Crippen LogP contribution in [-0.4, -0.2) is 30.8 Å². The maximum absolute atomic E-state index is 12.5. The number of ether oxygens (including phenoxy) is 2. The van der Waals surface area contributed by atoms with Gasteiger partial charge < -0.3 is 30.4 Å². The second-order valence-corrected chi connectivity index (χ2v) is 7.98. The van der Waals surface area contributed by atoms with Gasteiger partial charge >= 0.3 is 0 Å². The molecule has 3 aromatic rings. The molecule has 2 aliphatic heterocycles. The number of fused-ring (bicyclic) bond motifs is 2. The summed E-state index contributed by atoms with van der Waals surface area (Å²) in [5, 5.41) is 4.21. The number of H-pyrrole nitrogens is 1. The average Bonchev–Trinajstić information content (AvgIpc) is 3.24. The number of piperidine rings is 1. The van der Waals surface area contributed by atoms with Crippen LogP contribution < -0.4 is 31.0 Å². The highest BCUT2D eigenvalue weighted by Gasteiger charge is 2.23. The van der Waals surface area contributed by atoms with Gasteiger partial charge in [0.25, 0.3) is 5.56 Å². The van der Waals surface area contributed by atoms with Crippen LogP contribution in [0.3, 0.4) is 0 Å². The number of nitrogens with two attached hydrogens (primary N) is 1. The Morgan fingerprint density at radius 1 is 1.10 bits per heavy atom. The fourth-order valence-electron chi connectivity index (χ4n) is 4.18. The first-order valence-electron chi connectivity index (χ1n) is 10.4. The second kappa shape index (κ2) is 7.86. The van der Waals surface area contributed by atoms with Gasteiger partial charge in [0.15, 0.2) is 11.5 Å². The van der Waals surface area contributed by atoms with Crippen molar-refractivity contribution < 1.29 is 14.3 Å². The van der Waals surface area contributed by atoms with Crippen molar-refractivity contribution in [3.63, 3.8) is 0 Å². The van der Waals surface area contributed by atoms with E-state index >= 15 is 0 Å². The molecule has 8 heteroatoms. The Kier molecular flexibility index (Phi) is 4.89. The molecule has 2 aromatic carbocycles. The standard InChI is InChI=1S/C23H24N4O4/c24-22(28)14-5-7-27(8-6-14)18-3-1-17(2-4-18)25-12-16-9-15-10-20-21(31-13-30-20)11-19(15)26-23(16)29/h1-4,9-11,14,25H,5-8,12-13H2,(H2,24,28)(H,26,29). The number of carbonyl (C=O) groups is 1. The van der Waals surface area contributed by atoms with E-state index in [2.05, 4.69) is 27.3 Å². The van der Waals surface area contributed by atoms with Crippen molar-refractivity contribution in [3.8, 4) is 11.5 Å². The molecule has 1 amide bonds. The van der Waals surface area contributed by atoms with E-state index in [4.69, 9.17) is 15.2 Å². The van der Waals surface area contributed by atoms with Gasteiger partial charge in [0.1, 0.15) is 0 Å². The number of aromatic nitrogens is 1. The highest BCUT2D eigenvalue weighted by atomic mass is 16.7. The van der Waals surface area contributed by atoms with Crippen LogP contribution in [0.5, 0.6) is 11.5 Å². The van der Waals surface area contributed by atoms with Crippen LogP contribution in [0.2, 0.25) is 0 Å². The minimum absolute atomic E-state index is 0.0163. The minimum Gasteiger partial charge on any atom is -0.454 e. The molecule has 1 saturated heterocycles. The van der Waals surface area contributed by atoms with Gasteiger partial charge in [-0.3, -0.25) is 9.59 Å². The summed E-state index contributed by atoms with van der Waals surface area (Å²) in [6.07, 6.45) is 1.58. The van der Waals surface area contributed by atoms with E-state index in [0.29, 0.717) is 23.6 Å². The van der Waals surface area contributed by atoms with Gasteiger partial charge in [-0.2, -0.15) is 0 Å². The van der Waals surface area contributed by atoms with E-state index < -0.39 is 0 Å². The van der Waals surface area contributed by atoms with Gasteiger partial charge in [-0.15, -0.1) is 0 Å². The molecule has 4 N–H and O–H groups in total. The van der Waals surface area contributed by atoms with E-state index in [1.165, 1.54) is 0 Å². The molecule has 5 rings (SSSR count). The van der Waals surface area contributed by atoms with Crippen LogP contribution in [0.15, 0.2) is 47.3 Å². The lowest BCUT2D eigenvalue weighted by Crippen LogP contribution is -2.38. The molecule has 0 saturated carbocycles. The number of carbonyl (C=O) groups excluding carboxylic acids is 1. The maximum Gasteiger partial charge on any atom is 0.253 e. The van der Waals surface area contributed by atoms with Gasteiger partial charge in [0.2, 0.25) is 12.7 Å². The van der Waals surface area contributed by atoms with E-state index in [1.807, 2.05) is 24.3 Å². The fraction of sp³-hybridized carbons (Fsp3) is 0.304. The topological polar surface area (TPSA) is 110 Å². The predicted molar refractivity (Wildman–Crippen MR) is 119 cm³/mol. The number of primary amides is 1. The summed E-state index contributed by atoms with van der Waals surface area (Å²) < 4.78 is 10.8. The third-order valence-electron chi connectivity index (χ3n) is 6.03. The lowest BCUT2D eigenvalue weighted by atomic mass is 9.96. The van der Waals surface area contributed by atoms with Crippen molar-refractivity contribution in [1.29, 1.82) is 0 Å². The van der Waals surface area contributed by atoms with Crippen molar-refractivity contribution in [3.05, 3.63) is 58.4 Å². The SMILES string of the molecule is NC(=O)C1CCN(c2ccc(NCc3cc4cc5c(cc4[nH]c3=O)OCO5)cc2)CC1. The predicted octanol–water partition coefficient (Wildman–Crippen LogP) is 2.57. The van der Waals surface area contributed by atoms with Crippen LogP contribution in [0.4, 0.5) is 11.4 Å². The van der Waals surface area contributed by atoms with Gasteiger partial charge in [0.05, 0.1) is 5.52 Å². The molecule has 2 aliphatic rings. The number of hydrogen-bond donors (Lipinski definition) is 3. The summed E-state index contributed by atoms with van der Waals surface area (Å²) in [7, 11) is 0. The molecule has 0 spiro atoms. The number of amides is 1. The van der Waals surface area contributed by atoms with Gasteiger partial charge in [0, 0.05) is 53.9 Å². The zero-order valence-electron chi connectivity index (χ0n) is 17.0. The Morgan fingerprint density at radius 3 is 2.52 bits per heavy atom. The number of aromatic amines is 1. The summed E-state index contributed by atoms with van der Waals surface area (Å²) >= 11 is 0. The molecule has 0 bridgehead atoms. The van der Waals surface area contributed by atoms with Crippen molar-refractivity contribution in [2.75, 3.05) is 30.1 Å². The first-order chi connectivity index (χ1) is 15.1. The van der Waals surface area contributed by atoms with E-state index in [0.717, 1.165) is 48.2 Å². The molecule has 0 radical (unpaired) electrons. The smallest absolute Gasteiger partial charge is 0.253 e. The van der Waals surface area contributed by atoms with E-state index in [1.54, 1.807) is 6.07 Å². The summed E-state index contributed by atoms with van der Waals surface area (Å²) in [5.41, 5.74) is 8.70. The summed E-state index contributed by atoms with van der Waals surface area (Å²) in [4.78, 5) is 29.0. The van der Waals surface area contributed by atoms with E-state index in [-0.39, 0.29) is 24.2 Å². The van der Waals surface area contributed by atoms with Crippen molar-refractivity contribution in [2.45, 2.75) is 19.4 Å². The monoisotopic (exact) mass is 420 g/mol. The highest BCUT2D eigenvalue weighted by molar-refractivity contribution is 5.83.